The molecule has 0 radical (unpaired) electrons. The second-order valence-corrected chi connectivity index (χ2v) is 6.59. The van der Waals surface area contributed by atoms with Gasteiger partial charge in [0, 0.05) is 51.2 Å². The number of hydrogen-bond acceptors (Lipinski definition) is 3. The Balaban J connectivity index is 1.47. The lowest BCUT2D eigenvalue weighted by Gasteiger charge is -2.42. The van der Waals surface area contributed by atoms with Gasteiger partial charge in [0.1, 0.15) is 0 Å². The van der Waals surface area contributed by atoms with Crippen molar-refractivity contribution in [1.82, 2.24) is 14.8 Å². The van der Waals surface area contributed by atoms with Gasteiger partial charge in [0.2, 0.25) is 0 Å². The molecule has 110 valence electrons. The number of hydrogen-bond donors (Lipinski definition) is 0. The maximum absolute atomic E-state index is 4.09. The molecule has 2 aliphatic rings. The average Bonchev–Trinajstić information content (AvgIpc) is 2.49. The Bertz CT molecular complexity index is 398. The largest absolute Gasteiger partial charge is 0.298 e. The molecule has 3 heteroatoms. The van der Waals surface area contributed by atoms with E-state index in [0.717, 1.165) is 18.5 Å². The van der Waals surface area contributed by atoms with Crippen LogP contribution in [-0.4, -0.2) is 47.0 Å². The fourth-order valence-electron chi connectivity index (χ4n) is 3.77. The summed E-state index contributed by atoms with van der Waals surface area (Å²) in [6.07, 6.45) is 9.52. The minimum Gasteiger partial charge on any atom is -0.298 e. The van der Waals surface area contributed by atoms with Gasteiger partial charge in [-0.05, 0) is 36.5 Å². The number of nitrogens with zero attached hydrogens (tertiary/aromatic N) is 3. The second-order valence-electron chi connectivity index (χ2n) is 6.59. The molecule has 2 heterocycles. The smallest absolute Gasteiger partial charge is 0.0271 e. The zero-order chi connectivity index (χ0) is 13.8. The van der Waals surface area contributed by atoms with Crippen molar-refractivity contribution < 1.29 is 0 Å². The highest BCUT2D eigenvalue weighted by Crippen LogP contribution is 2.28. The van der Waals surface area contributed by atoms with Gasteiger partial charge in [-0.1, -0.05) is 19.8 Å². The molecule has 1 aromatic rings. The number of aromatic nitrogens is 1. The van der Waals surface area contributed by atoms with E-state index in [4.69, 9.17) is 0 Å². The van der Waals surface area contributed by atoms with E-state index >= 15 is 0 Å². The number of rotatable bonds is 3. The van der Waals surface area contributed by atoms with Crippen molar-refractivity contribution >= 4 is 0 Å². The quantitative estimate of drug-likeness (QED) is 0.844. The van der Waals surface area contributed by atoms with Crippen LogP contribution in [0.5, 0.6) is 0 Å². The first-order chi connectivity index (χ1) is 9.81. The third-order valence-corrected chi connectivity index (χ3v) is 4.99. The van der Waals surface area contributed by atoms with Crippen molar-refractivity contribution in [3.8, 4) is 0 Å². The van der Waals surface area contributed by atoms with Crippen LogP contribution in [0.15, 0.2) is 24.5 Å². The highest BCUT2D eigenvalue weighted by molar-refractivity contribution is 5.09. The van der Waals surface area contributed by atoms with E-state index in [-0.39, 0.29) is 0 Å². The highest BCUT2D eigenvalue weighted by Gasteiger charge is 2.27. The first kappa shape index (κ1) is 14.0. The van der Waals surface area contributed by atoms with E-state index in [1.807, 2.05) is 12.4 Å². The molecule has 3 nitrogen and oxygen atoms in total. The zero-order valence-corrected chi connectivity index (χ0v) is 12.7. The van der Waals surface area contributed by atoms with Crippen LogP contribution in [-0.2, 0) is 6.54 Å². The van der Waals surface area contributed by atoms with Gasteiger partial charge in [-0.25, -0.2) is 0 Å². The highest BCUT2D eigenvalue weighted by atomic mass is 15.3. The number of piperazine rings is 1. The van der Waals surface area contributed by atoms with Crippen molar-refractivity contribution in [2.75, 3.05) is 26.2 Å². The van der Waals surface area contributed by atoms with E-state index < -0.39 is 0 Å². The van der Waals surface area contributed by atoms with Gasteiger partial charge >= 0.3 is 0 Å². The molecule has 20 heavy (non-hydrogen) atoms. The molecule has 2 fully saturated rings. The first-order valence-electron chi connectivity index (χ1n) is 8.16. The van der Waals surface area contributed by atoms with E-state index in [9.17, 15) is 0 Å². The molecule has 1 aliphatic heterocycles. The molecule has 1 saturated heterocycles. The second kappa shape index (κ2) is 6.68. The van der Waals surface area contributed by atoms with Gasteiger partial charge < -0.3 is 0 Å². The van der Waals surface area contributed by atoms with Gasteiger partial charge in [-0.2, -0.15) is 0 Å². The molecule has 1 aromatic heterocycles. The molecule has 1 saturated carbocycles. The summed E-state index contributed by atoms with van der Waals surface area (Å²) >= 11 is 0. The van der Waals surface area contributed by atoms with Crippen LogP contribution in [0.1, 0.15) is 38.2 Å². The molecule has 2 atom stereocenters. The van der Waals surface area contributed by atoms with Crippen molar-refractivity contribution in [3.05, 3.63) is 30.1 Å². The minimum absolute atomic E-state index is 0.863. The predicted octanol–water partition coefficient (Wildman–Crippen LogP) is 2.78. The topological polar surface area (TPSA) is 19.4 Å². The molecular formula is C17H27N3. The van der Waals surface area contributed by atoms with Gasteiger partial charge in [0.15, 0.2) is 0 Å². The number of pyridine rings is 1. The molecule has 0 bridgehead atoms. The molecule has 3 rings (SSSR count). The summed E-state index contributed by atoms with van der Waals surface area (Å²) < 4.78 is 0. The van der Waals surface area contributed by atoms with Gasteiger partial charge in [-0.3, -0.25) is 14.8 Å². The third kappa shape index (κ3) is 3.58. The molecule has 0 unspecified atom stereocenters. The van der Waals surface area contributed by atoms with Crippen LogP contribution >= 0.6 is 0 Å². The van der Waals surface area contributed by atoms with E-state index in [2.05, 4.69) is 33.8 Å². The van der Waals surface area contributed by atoms with Crippen LogP contribution in [0.25, 0.3) is 0 Å². The van der Waals surface area contributed by atoms with Crippen molar-refractivity contribution in [3.63, 3.8) is 0 Å². The summed E-state index contributed by atoms with van der Waals surface area (Å²) in [6.45, 7) is 8.44. The van der Waals surface area contributed by atoms with E-state index in [1.54, 1.807) is 0 Å². The van der Waals surface area contributed by atoms with Crippen molar-refractivity contribution in [1.29, 1.82) is 0 Å². The summed E-state index contributed by atoms with van der Waals surface area (Å²) in [5.41, 5.74) is 1.39. The van der Waals surface area contributed by atoms with Gasteiger partial charge in [0.25, 0.3) is 0 Å². The molecule has 0 aromatic carbocycles. The molecule has 0 N–H and O–H groups in total. The monoisotopic (exact) mass is 273 g/mol. The van der Waals surface area contributed by atoms with Crippen LogP contribution in [0.3, 0.4) is 0 Å². The van der Waals surface area contributed by atoms with Crippen LogP contribution in [0, 0.1) is 5.92 Å². The normalized spacial score (nSPS) is 29.4. The van der Waals surface area contributed by atoms with Gasteiger partial charge in [0.05, 0.1) is 0 Å². The Morgan fingerprint density at radius 1 is 1.10 bits per heavy atom. The predicted molar refractivity (Wildman–Crippen MR) is 82.5 cm³/mol. The molecule has 0 spiro atoms. The molecule has 1 aliphatic carbocycles. The van der Waals surface area contributed by atoms with Gasteiger partial charge in [-0.15, -0.1) is 0 Å². The Morgan fingerprint density at radius 3 is 2.55 bits per heavy atom. The van der Waals surface area contributed by atoms with E-state index in [0.29, 0.717) is 0 Å². The minimum atomic E-state index is 0.863. The fourth-order valence-corrected chi connectivity index (χ4v) is 3.77. The molecule has 0 amide bonds. The Morgan fingerprint density at radius 2 is 1.85 bits per heavy atom. The van der Waals surface area contributed by atoms with Crippen molar-refractivity contribution in [2.45, 2.75) is 45.2 Å². The SMILES string of the molecule is C[C@H]1CCC[C@@H](N2CCN(Cc3ccncc3)CC2)C1. The summed E-state index contributed by atoms with van der Waals surface area (Å²) in [4.78, 5) is 9.42. The summed E-state index contributed by atoms with van der Waals surface area (Å²) in [7, 11) is 0. The van der Waals surface area contributed by atoms with Crippen LogP contribution in [0.2, 0.25) is 0 Å². The standard InChI is InChI=1S/C17H27N3/c1-15-3-2-4-17(13-15)20-11-9-19(10-12-20)14-16-5-7-18-8-6-16/h5-8,15,17H,2-4,9-14H2,1H3/t15-,17+/m0/s1. The maximum Gasteiger partial charge on any atom is 0.0271 e. The van der Waals surface area contributed by atoms with Crippen molar-refractivity contribution in [2.24, 2.45) is 5.92 Å². The van der Waals surface area contributed by atoms with E-state index in [1.165, 1.54) is 57.4 Å². The summed E-state index contributed by atoms with van der Waals surface area (Å²) in [5.74, 6) is 0.934. The third-order valence-electron chi connectivity index (χ3n) is 4.99. The maximum atomic E-state index is 4.09. The average molecular weight is 273 g/mol. The van der Waals surface area contributed by atoms with Crippen LogP contribution < -0.4 is 0 Å². The lowest BCUT2D eigenvalue weighted by atomic mass is 9.86. The fraction of sp³-hybridized carbons (Fsp3) is 0.706. The zero-order valence-electron chi connectivity index (χ0n) is 12.7. The Labute approximate surface area is 123 Å². The Hall–Kier alpha value is -0.930. The lowest BCUT2D eigenvalue weighted by Crippen LogP contribution is -2.50. The van der Waals surface area contributed by atoms with Crippen LogP contribution in [0.4, 0.5) is 0 Å². The molecular weight excluding hydrogens is 246 g/mol. The summed E-state index contributed by atoms with van der Waals surface area (Å²) in [6, 6.07) is 5.13. The lowest BCUT2D eigenvalue weighted by molar-refractivity contribution is 0.0659. The Kier molecular flexibility index (Phi) is 4.69. The summed E-state index contributed by atoms with van der Waals surface area (Å²) in [5, 5.41) is 0. The first-order valence-corrected chi connectivity index (χ1v) is 8.16.